The number of aromatic carboxylic acids is 1. The number of carboxylic acids is 1. The highest BCUT2D eigenvalue weighted by Gasteiger charge is 2.09. The summed E-state index contributed by atoms with van der Waals surface area (Å²) in [5, 5.41) is 20.2. The van der Waals surface area contributed by atoms with Crippen molar-refractivity contribution < 1.29 is 14.3 Å². The van der Waals surface area contributed by atoms with E-state index in [1.807, 2.05) is 6.92 Å². The summed E-state index contributed by atoms with van der Waals surface area (Å²) in [6.45, 7) is 2.19. The summed E-state index contributed by atoms with van der Waals surface area (Å²) in [5.74, 6) is -0.0384. The maximum Gasteiger partial charge on any atom is 0.338 e. The molecule has 0 aliphatic rings. The molecule has 0 amide bonds. The summed E-state index contributed by atoms with van der Waals surface area (Å²) in [5.41, 5.74) is 0.134. The standard InChI is InChI=1S/C9H10N4O3/c1-2-7-11-12-8(16-7)5-13-4-6(3-10-13)9(14)15/h3-4H,2,5H2,1H3,(H,14,15). The van der Waals surface area contributed by atoms with Crippen LogP contribution in [-0.4, -0.2) is 31.1 Å². The Kier molecular flexibility index (Phi) is 2.67. The lowest BCUT2D eigenvalue weighted by atomic mass is 10.4. The summed E-state index contributed by atoms with van der Waals surface area (Å²) < 4.78 is 6.72. The van der Waals surface area contributed by atoms with Crippen LogP contribution in [0.3, 0.4) is 0 Å². The number of aromatic nitrogens is 4. The van der Waals surface area contributed by atoms with E-state index in [0.29, 0.717) is 18.2 Å². The summed E-state index contributed by atoms with van der Waals surface area (Å²) in [6, 6.07) is 0. The van der Waals surface area contributed by atoms with Gasteiger partial charge in [-0.15, -0.1) is 10.2 Å². The van der Waals surface area contributed by atoms with Gasteiger partial charge in [0.1, 0.15) is 6.54 Å². The number of nitrogens with zero attached hydrogens (tertiary/aromatic N) is 4. The Morgan fingerprint density at radius 3 is 2.81 bits per heavy atom. The van der Waals surface area contributed by atoms with Crippen LogP contribution < -0.4 is 0 Å². The molecule has 2 aromatic heterocycles. The van der Waals surface area contributed by atoms with Gasteiger partial charge in [0.2, 0.25) is 11.8 Å². The van der Waals surface area contributed by atoms with Crippen LogP contribution in [0.2, 0.25) is 0 Å². The van der Waals surface area contributed by atoms with Crippen LogP contribution in [0.4, 0.5) is 0 Å². The van der Waals surface area contributed by atoms with Crippen LogP contribution in [0.15, 0.2) is 16.8 Å². The molecule has 7 heteroatoms. The predicted octanol–water partition coefficient (Wildman–Crippen LogP) is 0.575. The highest BCUT2D eigenvalue weighted by Crippen LogP contribution is 2.04. The van der Waals surface area contributed by atoms with Crippen molar-refractivity contribution in [2.24, 2.45) is 0 Å². The van der Waals surface area contributed by atoms with Crippen LogP contribution >= 0.6 is 0 Å². The van der Waals surface area contributed by atoms with Crippen LogP contribution in [0.5, 0.6) is 0 Å². The van der Waals surface area contributed by atoms with E-state index in [1.54, 1.807) is 0 Å². The lowest BCUT2D eigenvalue weighted by Crippen LogP contribution is -2.00. The molecule has 0 unspecified atom stereocenters. The lowest BCUT2D eigenvalue weighted by Gasteiger charge is -1.94. The zero-order valence-electron chi connectivity index (χ0n) is 8.62. The maximum absolute atomic E-state index is 10.6. The molecule has 0 aliphatic heterocycles. The van der Waals surface area contributed by atoms with Crippen LogP contribution in [0.1, 0.15) is 29.1 Å². The molecule has 0 fully saturated rings. The molecule has 1 N–H and O–H groups in total. The quantitative estimate of drug-likeness (QED) is 0.812. The third-order valence-corrected chi connectivity index (χ3v) is 1.99. The van der Waals surface area contributed by atoms with Gasteiger partial charge in [0, 0.05) is 12.6 Å². The number of aryl methyl sites for hydroxylation is 1. The summed E-state index contributed by atoms with van der Waals surface area (Å²) in [4.78, 5) is 10.6. The van der Waals surface area contributed by atoms with Crippen molar-refractivity contribution in [3.05, 3.63) is 29.7 Å². The molecule has 7 nitrogen and oxygen atoms in total. The van der Waals surface area contributed by atoms with Crippen LogP contribution in [0.25, 0.3) is 0 Å². The first-order valence-corrected chi connectivity index (χ1v) is 4.76. The van der Waals surface area contributed by atoms with Gasteiger partial charge < -0.3 is 9.52 Å². The normalized spacial score (nSPS) is 10.6. The molecule has 0 aromatic carbocycles. The highest BCUT2D eigenvalue weighted by atomic mass is 16.4. The number of carboxylic acid groups (broad SMARTS) is 1. The number of rotatable bonds is 4. The molecule has 16 heavy (non-hydrogen) atoms. The first kappa shape index (κ1) is 10.3. The summed E-state index contributed by atoms with van der Waals surface area (Å²) in [7, 11) is 0. The van der Waals surface area contributed by atoms with Gasteiger partial charge in [0.15, 0.2) is 0 Å². The minimum absolute atomic E-state index is 0.134. The number of carbonyl (C=O) groups is 1. The minimum Gasteiger partial charge on any atom is -0.478 e. The van der Waals surface area contributed by atoms with E-state index in [-0.39, 0.29) is 12.1 Å². The van der Waals surface area contributed by atoms with E-state index >= 15 is 0 Å². The molecule has 0 bridgehead atoms. The molecule has 0 spiro atoms. The minimum atomic E-state index is -1.01. The summed E-state index contributed by atoms with van der Waals surface area (Å²) in [6.07, 6.45) is 3.37. The van der Waals surface area contributed by atoms with Crippen LogP contribution in [0, 0.1) is 0 Å². The number of hydrogen-bond donors (Lipinski definition) is 1. The van der Waals surface area contributed by atoms with E-state index in [2.05, 4.69) is 15.3 Å². The molecular formula is C9H10N4O3. The maximum atomic E-state index is 10.6. The zero-order valence-corrected chi connectivity index (χ0v) is 8.62. The Hall–Kier alpha value is -2.18. The van der Waals surface area contributed by atoms with Gasteiger partial charge in [-0.05, 0) is 0 Å². The third kappa shape index (κ3) is 2.08. The molecule has 0 saturated heterocycles. The summed E-state index contributed by atoms with van der Waals surface area (Å²) >= 11 is 0. The second kappa shape index (κ2) is 4.13. The molecule has 0 radical (unpaired) electrons. The molecule has 0 saturated carbocycles. The van der Waals surface area contributed by atoms with Gasteiger partial charge in [0.25, 0.3) is 0 Å². The molecule has 2 heterocycles. The first-order chi connectivity index (χ1) is 7.69. The smallest absolute Gasteiger partial charge is 0.338 e. The number of hydrogen-bond acceptors (Lipinski definition) is 5. The van der Waals surface area contributed by atoms with Gasteiger partial charge in [-0.25, -0.2) is 4.79 Å². The lowest BCUT2D eigenvalue weighted by molar-refractivity contribution is 0.0696. The fourth-order valence-electron chi connectivity index (χ4n) is 1.19. The Morgan fingerprint density at radius 2 is 2.25 bits per heavy atom. The fourth-order valence-corrected chi connectivity index (χ4v) is 1.19. The molecule has 2 aromatic rings. The van der Waals surface area contributed by atoms with Crippen molar-refractivity contribution in [1.82, 2.24) is 20.0 Å². The average molecular weight is 222 g/mol. The molecular weight excluding hydrogens is 212 g/mol. The van der Waals surface area contributed by atoms with Crippen molar-refractivity contribution in [3.63, 3.8) is 0 Å². The highest BCUT2D eigenvalue weighted by molar-refractivity contribution is 5.86. The van der Waals surface area contributed by atoms with E-state index < -0.39 is 5.97 Å². The van der Waals surface area contributed by atoms with Crippen molar-refractivity contribution in [1.29, 1.82) is 0 Å². The first-order valence-electron chi connectivity index (χ1n) is 4.76. The largest absolute Gasteiger partial charge is 0.478 e. The monoisotopic (exact) mass is 222 g/mol. The van der Waals surface area contributed by atoms with E-state index in [1.165, 1.54) is 17.1 Å². The van der Waals surface area contributed by atoms with Crippen molar-refractivity contribution in [2.75, 3.05) is 0 Å². The molecule has 0 atom stereocenters. The average Bonchev–Trinajstić information content (AvgIpc) is 2.87. The predicted molar refractivity (Wildman–Crippen MR) is 52.0 cm³/mol. The van der Waals surface area contributed by atoms with Gasteiger partial charge in [-0.3, -0.25) is 4.68 Å². The SMILES string of the molecule is CCc1nnc(Cn2cc(C(=O)O)cn2)o1. The molecule has 0 aliphatic carbocycles. The zero-order chi connectivity index (χ0) is 11.5. The van der Waals surface area contributed by atoms with E-state index in [9.17, 15) is 4.79 Å². The fraction of sp³-hybridized carbons (Fsp3) is 0.333. The van der Waals surface area contributed by atoms with Crippen molar-refractivity contribution in [2.45, 2.75) is 19.9 Å². The van der Waals surface area contributed by atoms with Gasteiger partial charge >= 0.3 is 5.97 Å². The van der Waals surface area contributed by atoms with Crippen LogP contribution in [-0.2, 0) is 13.0 Å². The van der Waals surface area contributed by atoms with E-state index in [0.717, 1.165) is 0 Å². The van der Waals surface area contributed by atoms with Gasteiger partial charge in [-0.1, -0.05) is 6.92 Å². The second-order valence-corrected chi connectivity index (χ2v) is 3.17. The second-order valence-electron chi connectivity index (χ2n) is 3.17. The van der Waals surface area contributed by atoms with Gasteiger partial charge in [0.05, 0.1) is 11.8 Å². The van der Waals surface area contributed by atoms with E-state index in [4.69, 9.17) is 9.52 Å². The Bertz CT molecular complexity index is 502. The van der Waals surface area contributed by atoms with Crippen molar-refractivity contribution >= 4 is 5.97 Å². The Morgan fingerprint density at radius 1 is 1.50 bits per heavy atom. The Balaban J connectivity index is 2.11. The topological polar surface area (TPSA) is 94.0 Å². The Labute approximate surface area is 90.7 Å². The third-order valence-electron chi connectivity index (χ3n) is 1.99. The molecule has 2 rings (SSSR count). The van der Waals surface area contributed by atoms with Gasteiger partial charge in [-0.2, -0.15) is 5.10 Å². The van der Waals surface area contributed by atoms with Crippen molar-refractivity contribution in [3.8, 4) is 0 Å². The molecule has 84 valence electrons.